The summed E-state index contributed by atoms with van der Waals surface area (Å²) in [6.07, 6.45) is 4.32. The molecule has 0 bridgehead atoms. The molecule has 0 saturated heterocycles. The van der Waals surface area contributed by atoms with E-state index in [1.807, 2.05) is 0 Å². The minimum Gasteiger partial charge on any atom is -0.478 e. The van der Waals surface area contributed by atoms with Gasteiger partial charge in [0.25, 0.3) is 0 Å². The highest BCUT2D eigenvalue weighted by Gasteiger charge is 2.20. The van der Waals surface area contributed by atoms with Gasteiger partial charge in [-0.3, -0.25) is 0 Å². The van der Waals surface area contributed by atoms with Crippen molar-refractivity contribution in [2.45, 2.75) is 42.3 Å². The number of carboxylic acids is 1. The molecule has 1 aromatic carbocycles. The summed E-state index contributed by atoms with van der Waals surface area (Å²) in [5, 5.41) is 18.4. The quantitative estimate of drug-likeness (QED) is 0.846. The van der Waals surface area contributed by atoms with E-state index in [2.05, 4.69) is 14.8 Å². The van der Waals surface area contributed by atoms with Gasteiger partial charge >= 0.3 is 5.97 Å². The van der Waals surface area contributed by atoms with Crippen molar-refractivity contribution in [1.29, 1.82) is 0 Å². The van der Waals surface area contributed by atoms with E-state index in [1.54, 1.807) is 18.2 Å². The third kappa shape index (κ3) is 2.73. The highest BCUT2D eigenvalue weighted by Crippen LogP contribution is 2.35. The van der Waals surface area contributed by atoms with Crippen LogP contribution in [0.3, 0.4) is 0 Å². The number of carboxylic acid groups (broad SMARTS) is 1. The number of aromatic carboxylic acids is 1. The standard InChI is InChI=1S/C14H16N4O2S/c15-10-6-4-5-9(13(19)20)12(10)21-14-17-16-11-7-2-1-3-8-18(11)14/h4-6H,1-3,7-8,15H2,(H,19,20). The van der Waals surface area contributed by atoms with Crippen molar-refractivity contribution in [1.82, 2.24) is 14.8 Å². The fourth-order valence-corrected chi connectivity index (χ4v) is 3.48. The maximum absolute atomic E-state index is 11.3. The predicted octanol–water partition coefficient (Wildman–Crippen LogP) is 2.44. The third-order valence-electron chi connectivity index (χ3n) is 3.54. The summed E-state index contributed by atoms with van der Waals surface area (Å²) in [4.78, 5) is 11.9. The average Bonchev–Trinajstić information content (AvgIpc) is 2.69. The Kier molecular flexibility index (Phi) is 3.83. The molecule has 0 atom stereocenters. The zero-order valence-electron chi connectivity index (χ0n) is 11.5. The van der Waals surface area contributed by atoms with Gasteiger partial charge in [-0.2, -0.15) is 0 Å². The molecule has 0 spiro atoms. The van der Waals surface area contributed by atoms with Crippen molar-refractivity contribution in [3.05, 3.63) is 29.6 Å². The molecule has 1 aliphatic rings. The molecule has 0 aliphatic carbocycles. The van der Waals surface area contributed by atoms with Crippen molar-refractivity contribution in [2.75, 3.05) is 5.73 Å². The number of aryl methyl sites for hydroxylation is 1. The van der Waals surface area contributed by atoms with Crippen molar-refractivity contribution in [3.8, 4) is 0 Å². The van der Waals surface area contributed by atoms with Crippen molar-refractivity contribution >= 4 is 23.4 Å². The zero-order valence-corrected chi connectivity index (χ0v) is 12.3. The minimum absolute atomic E-state index is 0.200. The van der Waals surface area contributed by atoms with Gasteiger partial charge in [0, 0.05) is 18.7 Å². The normalized spacial score (nSPS) is 14.5. The predicted molar refractivity (Wildman–Crippen MR) is 79.5 cm³/mol. The van der Waals surface area contributed by atoms with E-state index in [0.29, 0.717) is 15.7 Å². The second-order valence-electron chi connectivity index (χ2n) is 4.99. The van der Waals surface area contributed by atoms with E-state index in [9.17, 15) is 9.90 Å². The summed E-state index contributed by atoms with van der Waals surface area (Å²) in [6, 6.07) is 4.91. The summed E-state index contributed by atoms with van der Waals surface area (Å²) in [5.74, 6) is -0.0122. The number of anilines is 1. The molecule has 0 unspecified atom stereocenters. The lowest BCUT2D eigenvalue weighted by atomic mass is 10.2. The number of carbonyl (C=O) groups is 1. The largest absolute Gasteiger partial charge is 0.478 e. The van der Waals surface area contributed by atoms with Gasteiger partial charge in [0.2, 0.25) is 0 Å². The Labute approximate surface area is 126 Å². The topological polar surface area (TPSA) is 94.0 Å². The van der Waals surface area contributed by atoms with Crippen LogP contribution in [0.5, 0.6) is 0 Å². The molecule has 1 aromatic heterocycles. The van der Waals surface area contributed by atoms with Crippen LogP contribution in [0.4, 0.5) is 5.69 Å². The summed E-state index contributed by atoms with van der Waals surface area (Å²) in [5.41, 5.74) is 6.59. The average molecular weight is 304 g/mol. The van der Waals surface area contributed by atoms with Crippen LogP contribution in [0, 0.1) is 0 Å². The second-order valence-corrected chi connectivity index (χ2v) is 5.97. The first-order valence-electron chi connectivity index (χ1n) is 6.88. The highest BCUT2D eigenvalue weighted by atomic mass is 32.2. The Morgan fingerprint density at radius 2 is 2.14 bits per heavy atom. The first kappa shape index (κ1) is 13.9. The summed E-state index contributed by atoms with van der Waals surface area (Å²) in [7, 11) is 0. The third-order valence-corrected chi connectivity index (χ3v) is 4.69. The number of benzene rings is 1. The van der Waals surface area contributed by atoms with Gasteiger partial charge in [0.05, 0.1) is 10.5 Å². The lowest BCUT2D eigenvalue weighted by Crippen LogP contribution is -2.05. The van der Waals surface area contributed by atoms with Crippen LogP contribution < -0.4 is 5.73 Å². The Balaban J connectivity index is 1.98. The van der Waals surface area contributed by atoms with E-state index < -0.39 is 5.97 Å². The van der Waals surface area contributed by atoms with Crippen LogP contribution in [0.15, 0.2) is 28.3 Å². The molecule has 0 fully saturated rings. The number of rotatable bonds is 3. The molecule has 21 heavy (non-hydrogen) atoms. The lowest BCUT2D eigenvalue weighted by Gasteiger charge is -2.10. The van der Waals surface area contributed by atoms with E-state index >= 15 is 0 Å². The fraction of sp³-hybridized carbons (Fsp3) is 0.357. The number of hydrogen-bond acceptors (Lipinski definition) is 5. The molecule has 7 heteroatoms. The molecular formula is C14H16N4O2S. The summed E-state index contributed by atoms with van der Waals surface area (Å²) in [6.45, 7) is 0.875. The smallest absolute Gasteiger partial charge is 0.336 e. The molecule has 110 valence electrons. The fourth-order valence-electron chi connectivity index (χ4n) is 2.46. The van der Waals surface area contributed by atoms with Gasteiger partial charge < -0.3 is 15.4 Å². The van der Waals surface area contributed by atoms with Gasteiger partial charge in [-0.05, 0) is 36.7 Å². The maximum Gasteiger partial charge on any atom is 0.336 e. The van der Waals surface area contributed by atoms with E-state index in [0.717, 1.165) is 31.6 Å². The lowest BCUT2D eigenvalue weighted by molar-refractivity contribution is 0.0693. The van der Waals surface area contributed by atoms with Crippen LogP contribution in [-0.4, -0.2) is 25.8 Å². The number of nitrogens with zero attached hydrogens (tertiary/aromatic N) is 3. The second kappa shape index (κ2) is 5.77. The molecule has 1 aliphatic heterocycles. The van der Waals surface area contributed by atoms with Crippen molar-refractivity contribution in [3.63, 3.8) is 0 Å². The van der Waals surface area contributed by atoms with Gasteiger partial charge in [0.1, 0.15) is 5.82 Å². The highest BCUT2D eigenvalue weighted by molar-refractivity contribution is 7.99. The maximum atomic E-state index is 11.3. The molecular weight excluding hydrogens is 288 g/mol. The molecule has 0 saturated carbocycles. The van der Waals surface area contributed by atoms with E-state index in [-0.39, 0.29) is 5.56 Å². The number of nitrogen functional groups attached to an aromatic ring is 1. The summed E-state index contributed by atoms with van der Waals surface area (Å²) >= 11 is 1.28. The Morgan fingerprint density at radius 3 is 2.95 bits per heavy atom. The molecule has 0 radical (unpaired) electrons. The van der Waals surface area contributed by atoms with Crippen LogP contribution in [-0.2, 0) is 13.0 Å². The Bertz CT molecular complexity index is 684. The number of aromatic nitrogens is 3. The first-order valence-corrected chi connectivity index (χ1v) is 7.70. The zero-order chi connectivity index (χ0) is 14.8. The van der Waals surface area contributed by atoms with Crippen molar-refractivity contribution in [2.24, 2.45) is 0 Å². The minimum atomic E-state index is -0.986. The SMILES string of the molecule is Nc1cccc(C(=O)O)c1Sc1nnc2n1CCCCC2. The van der Waals surface area contributed by atoms with Gasteiger partial charge in [-0.1, -0.05) is 12.5 Å². The number of nitrogens with two attached hydrogens (primary N) is 1. The Hall–Kier alpha value is -2.02. The van der Waals surface area contributed by atoms with Gasteiger partial charge in [-0.15, -0.1) is 10.2 Å². The molecule has 3 rings (SSSR count). The number of fused-ring (bicyclic) bond motifs is 1. The molecule has 0 amide bonds. The van der Waals surface area contributed by atoms with Crippen LogP contribution >= 0.6 is 11.8 Å². The summed E-state index contributed by atoms with van der Waals surface area (Å²) < 4.78 is 2.08. The van der Waals surface area contributed by atoms with Crippen LogP contribution in [0.25, 0.3) is 0 Å². The molecule has 6 nitrogen and oxygen atoms in total. The van der Waals surface area contributed by atoms with E-state index in [4.69, 9.17) is 5.73 Å². The first-order chi connectivity index (χ1) is 10.2. The molecule has 3 N–H and O–H groups in total. The van der Waals surface area contributed by atoms with Crippen LogP contribution in [0.2, 0.25) is 0 Å². The van der Waals surface area contributed by atoms with Crippen molar-refractivity contribution < 1.29 is 9.90 Å². The van der Waals surface area contributed by atoms with Gasteiger partial charge in [-0.25, -0.2) is 4.79 Å². The van der Waals surface area contributed by atoms with Gasteiger partial charge in [0.15, 0.2) is 5.16 Å². The number of hydrogen-bond donors (Lipinski definition) is 2. The van der Waals surface area contributed by atoms with E-state index in [1.165, 1.54) is 18.2 Å². The monoisotopic (exact) mass is 304 g/mol. The van der Waals surface area contributed by atoms with Crippen LogP contribution in [0.1, 0.15) is 35.4 Å². The Morgan fingerprint density at radius 1 is 1.29 bits per heavy atom. The molecule has 2 aromatic rings. The molecule has 2 heterocycles.